The van der Waals surface area contributed by atoms with Gasteiger partial charge in [-0.2, -0.15) is 0 Å². The minimum Gasteiger partial charge on any atom is -0.497 e. The average molecular weight is 789 g/mol. The number of methoxy groups -OCH3 is 2. The van der Waals surface area contributed by atoms with Crippen molar-refractivity contribution in [2.45, 2.75) is 120 Å². The van der Waals surface area contributed by atoms with Crippen LogP contribution in [0.25, 0.3) is 22.3 Å². The highest BCUT2D eigenvalue weighted by Gasteiger charge is 2.62. The number of esters is 1. The number of pyridine rings is 1. The number of nitrogens with one attached hydrogen (secondary N) is 3. The number of amides is 3. The second-order valence-electron chi connectivity index (χ2n) is 15.5. The fourth-order valence-electron chi connectivity index (χ4n) is 8.07. The Kier molecular flexibility index (Phi) is 12.0. The molecule has 0 spiro atoms. The number of carbonyl (C=O) groups is 4. The van der Waals surface area contributed by atoms with Gasteiger partial charge >= 0.3 is 12.1 Å². The Bertz CT molecular complexity index is 1960. The van der Waals surface area contributed by atoms with E-state index in [2.05, 4.69) is 16.0 Å². The van der Waals surface area contributed by atoms with Crippen molar-refractivity contribution >= 4 is 51.2 Å². The number of nitrogens with zero attached hydrogens (tertiary/aromatic N) is 3. The third-order valence-corrected chi connectivity index (χ3v) is 11.9. The molecule has 300 valence electrons. The van der Waals surface area contributed by atoms with Crippen LogP contribution in [0.3, 0.4) is 0 Å². The molecule has 5 atom stereocenters. The molecule has 1 unspecified atom stereocenters. The molecule has 4 aliphatic rings. The maximum atomic E-state index is 14.6. The average Bonchev–Trinajstić information content (AvgIpc) is 3.62. The lowest BCUT2D eigenvalue weighted by Gasteiger charge is -2.29. The summed E-state index contributed by atoms with van der Waals surface area (Å²) in [6.45, 7) is 4.16. The summed E-state index contributed by atoms with van der Waals surface area (Å²) in [5.74, 6) is -0.492. The third kappa shape index (κ3) is 8.72. The summed E-state index contributed by atoms with van der Waals surface area (Å²) in [5.41, 5.74) is 0.669. The van der Waals surface area contributed by atoms with Gasteiger partial charge in [-0.05, 0) is 77.3 Å². The Labute approximate surface area is 331 Å². The summed E-state index contributed by atoms with van der Waals surface area (Å²) in [6, 6.07) is 5.65. The van der Waals surface area contributed by atoms with E-state index in [-0.39, 0.29) is 31.0 Å². The van der Waals surface area contributed by atoms with E-state index >= 15 is 0 Å². The molecule has 15 heteroatoms. The first-order chi connectivity index (χ1) is 27.1. The number of aromatic nitrogens is 2. The highest BCUT2D eigenvalue weighted by atomic mass is 32.1. The molecule has 0 radical (unpaired) electrons. The van der Waals surface area contributed by atoms with Crippen LogP contribution in [-0.2, 0) is 23.9 Å². The van der Waals surface area contributed by atoms with Crippen LogP contribution in [0.1, 0.15) is 84.5 Å². The predicted molar refractivity (Wildman–Crippen MR) is 212 cm³/mol. The zero-order valence-corrected chi connectivity index (χ0v) is 33.3. The van der Waals surface area contributed by atoms with Crippen LogP contribution in [0.4, 0.5) is 9.93 Å². The first-order valence-electron chi connectivity index (χ1n) is 19.8. The lowest BCUT2D eigenvalue weighted by atomic mass is 10.0. The lowest BCUT2D eigenvalue weighted by Crippen LogP contribution is -2.56. The maximum Gasteiger partial charge on any atom is 0.408 e. The van der Waals surface area contributed by atoms with Gasteiger partial charge in [-0.15, -0.1) is 11.3 Å². The van der Waals surface area contributed by atoms with Crippen molar-refractivity contribution < 1.29 is 38.1 Å². The van der Waals surface area contributed by atoms with E-state index in [0.29, 0.717) is 47.7 Å². The van der Waals surface area contributed by atoms with Gasteiger partial charge in [0.15, 0.2) is 5.13 Å². The van der Waals surface area contributed by atoms with Gasteiger partial charge in [-0.25, -0.2) is 19.6 Å². The van der Waals surface area contributed by atoms with Gasteiger partial charge in [0.05, 0.1) is 32.0 Å². The molecule has 2 aromatic heterocycles. The summed E-state index contributed by atoms with van der Waals surface area (Å²) in [5, 5.41) is 12.6. The minimum atomic E-state index is -1.22. The van der Waals surface area contributed by atoms with E-state index in [1.54, 1.807) is 7.11 Å². The Morgan fingerprint density at radius 3 is 2.57 bits per heavy atom. The zero-order chi connectivity index (χ0) is 39.4. The molecule has 2 saturated carbocycles. The van der Waals surface area contributed by atoms with Crippen LogP contribution < -0.4 is 25.4 Å². The second kappa shape index (κ2) is 17.1. The van der Waals surface area contributed by atoms with Gasteiger partial charge in [-0.3, -0.25) is 9.59 Å². The molecule has 0 bridgehead atoms. The van der Waals surface area contributed by atoms with Crippen LogP contribution >= 0.6 is 11.3 Å². The van der Waals surface area contributed by atoms with Crippen molar-refractivity contribution in [3.63, 3.8) is 0 Å². The molecule has 1 saturated heterocycles. The Morgan fingerprint density at radius 2 is 1.80 bits per heavy atom. The molecule has 7 rings (SSSR count). The summed E-state index contributed by atoms with van der Waals surface area (Å²) < 4.78 is 23.1. The van der Waals surface area contributed by atoms with Gasteiger partial charge < -0.3 is 39.8 Å². The number of anilines is 1. The van der Waals surface area contributed by atoms with E-state index in [0.717, 1.165) is 55.5 Å². The topological polar surface area (TPSA) is 170 Å². The van der Waals surface area contributed by atoms with Crippen LogP contribution in [0.5, 0.6) is 11.5 Å². The molecule has 4 heterocycles. The normalized spacial score (nSPS) is 25.8. The monoisotopic (exact) mass is 788 g/mol. The van der Waals surface area contributed by atoms with Crippen molar-refractivity contribution in [3.05, 3.63) is 41.8 Å². The number of rotatable bonds is 9. The van der Waals surface area contributed by atoms with Crippen LogP contribution in [0.15, 0.2) is 41.8 Å². The molecule has 14 nitrogen and oxygen atoms in total. The maximum absolute atomic E-state index is 14.6. The Hall–Kier alpha value is -4.92. The molecular formula is C41H52N6O8S. The minimum absolute atomic E-state index is 0.0653. The smallest absolute Gasteiger partial charge is 0.408 e. The van der Waals surface area contributed by atoms with E-state index < -0.39 is 47.6 Å². The zero-order valence-electron chi connectivity index (χ0n) is 32.5. The van der Waals surface area contributed by atoms with Crippen LogP contribution in [0, 0.1) is 5.92 Å². The fraction of sp³-hybridized carbons (Fsp3) is 0.561. The molecule has 2 aliphatic carbocycles. The molecule has 56 heavy (non-hydrogen) atoms. The van der Waals surface area contributed by atoms with Gasteiger partial charge in [0.2, 0.25) is 11.8 Å². The van der Waals surface area contributed by atoms with Crippen molar-refractivity contribution in [2.75, 3.05) is 26.1 Å². The van der Waals surface area contributed by atoms with E-state index in [1.165, 1.54) is 23.3 Å². The lowest BCUT2D eigenvalue weighted by molar-refractivity contribution is -0.148. The second-order valence-corrected chi connectivity index (χ2v) is 16.4. The largest absolute Gasteiger partial charge is 0.497 e. The number of ether oxygens (including phenoxy) is 4. The number of thiazole rings is 1. The first-order valence-corrected chi connectivity index (χ1v) is 20.7. The molecule has 3 amide bonds. The van der Waals surface area contributed by atoms with Gasteiger partial charge in [0.25, 0.3) is 0 Å². The van der Waals surface area contributed by atoms with Gasteiger partial charge in [0.1, 0.15) is 47.0 Å². The van der Waals surface area contributed by atoms with Gasteiger partial charge in [-0.1, -0.05) is 25.0 Å². The number of fused-ring (bicyclic) bond motifs is 3. The Morgan fingerprint density at radius 1 is 1.00 bits per heavy atom. The Balaban J connectivity index is 1.21. The number of benzene rings is 1. The highest BCUT2D eigenvalue weighted by molar-refractivity contribution is 7.14. The standard InChI is InChI=1S/C41H52N6O8S/c1-24(2)42-39-44-33(23-56-39)32-20-35(29-17-16-27(52-3)18-31(29)43-32)54-28-19-34-36(48)46-41(38(50)53-4)21-25(41)12-8-6-5-7-9-15-30(37(49)47(34)22-28)45-40(51)55-26-13-10-11-14-26/h8,12,16-18,20,23-26,28,30,34H,5-7,9-11,13-15,19,21-22H2,1-4H3,(H,42,44)(H,45,51)(H,46,48)/t25-,28?,30+,34+,41-/m1/s1. The SMILES string of the molecule is COC(=O)[C@@]12C[C@H]1C=CCCCCC[C@H](NC(=O)OC1CCCC1)C(=O)N1CC(Oc3cc(-c4csc(NC(C)C)n4)nc4cc(OC)ccc34)C[C@H]1C(=O)N2. The molecule has 3 fully saturated rings. The number of hydrogen-bond donors (Lipinski definition) is 3. The fourth-order valence-corrected chi connectivity index (χ4v) is 8.92. The third-order valence-electron chi connectivity index (χ3n) is 11.1. The summed E-state index contributed by atoms with van der Waals surface area (Å²) in [4.78, 5) is 66.5. The van der Waals surface area contributed by atoms with Crippen molar-refractivity contribution in [2.24, 2.45) is 5.92 Å². The quantitative estimate of drug-likeness (QED) is 0.168. The van der Waals surface area contributed by atoms with Crippen molar-refractivity contribution in [1.82, 2.24) is 25.5 Å². The first kappa shape index (κ1) is 39.3. The molecule has 2 aliphatic heterocycles. The van der Waals surface area contributed by atoms with E-state index in [1.807, 2.05) is 55.6 Å². The van der Waals surface area contributed by atoms with Crippen molar-refractivity contribution in [3.8, 4) is 22.9 Å². The van der Waals surface area contributed by atoms with E-state index in [9.17, 15) is 19.2 Å². The summed E-state index contributed by atoms with van der Waals surface area (Å²) in [7, 11) is 2.90. The number of allylic oxidation sites excluding steroid dienone is 1. The number of hydrogen-bond acceptors (Lipinski definition) is 12. The highest BCUT2D eigenvalue weighted by Crippen LogP contribution is 2.46. The summed E-state index contributed by atoms with van der Waals surface area (Å²) >= 11 is 1.48. The summed E-state index contributed by atoms with van der Waals surface area (Å²) in [6.07, 6.45) is 10.3. The predicted octanol–water partition coefficient (Wildman–Crippen LogP) is 6.14. The molecule has 3 aromatic rings. The van der Waals surface area contributed by atoms with Crippen LogP contribution in [0.2, 0.25) is 0 Å². The number of carbonyl (C=O) groups excluding carboxylic acids is 4. The van der Waals surface area contributed by atoms with E-state index in [4.69, 9.17) is 28.9 Å². The molecule has 1 aromatic carbocycles. The number of alkyl carbamates (subject to hydrolysis) is 1. The van der Waals surface area contributed by atoms with Crippen molar-refractivity contribution in [1.29, 1.82) is 0 Å². The van der Waals surface area contributed by atoms with Gasteiger partial charge in [0, 0.05) is 41.3 Å². The molecular weight excluding hydrogens is 737 g/mol. The van der Waals surface area contributed by atoms with Crippen LogP contribution in [-0.4, -0.2) is 95.4 Å². The molecule has 3 N–H and O–H groups in total.